The molecular weight excluding hydrogens is 228 g/mol. The van der Waals surface area contributed by atoms with Gasteiger partial charge in [0.1, 0.15) is 0 Å². The molecule has 0 aromatic heterocycles. The second-order valence-electron chi connectivity index (χ2n) is 5.21. The number of rotatable bonds is 6. The summed E-state index contributed by atoms with van der Waals surface area (Å²) in [5.41, 5.74) is 0. The van der Waals surface area contributed by atoms with Crippen molar-refractivity contribution < 1.29 is 9.59 Å². The molecule has 1 aliphatic carbocycles. The highest BCUT2D eigenvalue weighted by atomic mass is 16.2. The molecular formula is C14H26N2O2. The van der Waals surface area contributed by atoms with E-state index in [4.69, 9.17) is 0 Å². The van der Waals surface area contributed by atoms with Crippen LogP contribution in [0.15, 0.2) is 0 Å². The van der Waals surface area contributed by atoms with Gasteiger partial charge in [0.05, 0.1) is 12.1 Å². The largest absolute Gasteiger partial charge is 0.345 e. The molecule has 2 N–H and O–H groups in total. The Bertz CT molecular complexity index is 284. The summed E-state index contributed by atoms with van der Waals surface area (Å²) < 4.78 is 0. The van der Waals surface area contributed by atoms with Gasteiger partial charge in [0.15, 0.2) is 5.78 Å². The molecule has 0 heterocycles. The van der Waals surface area contributed by atoms with Crippen molar-refractivity contribution in [3.8, 4) is 0 Å². The summed E-state index contributed by atoms with van der Waals surface area (Å²) in [7, 11) is 1.75. The van der Waals surface area contributed by atoms with E-state index in [1.807, 2.05) is 13.8 Å². The van der Waals surface area contributed by atoms with Crippen LogP contribution >= 0.6 is 0 Å². The van der Waals surface area contributed by atoms with Gasteiger partial charge in [-0.2, -0.15) is 0 Å². The Balaban J connectivity index is 2.65. The summed E-state index contributed by atoms with van der Waals surface area (Å²) in [6.45, 7) is 3.68. The summed E-state index contributed by atoms with van der Waals surface area (Å²) in [6, 6.07) is -0.528. The van der Waals surface area contributed by atoms with Crippen LogP contribution in [0.3, 0.4) is 0 Å². The lowest BCUT2D eigenvalue weighted by Crippen LogP contribution is -2.51. The molecule has 0 aromatic rings. The standard InChI is InChI=1S/C14H26N2O2/c1-4-12(17)13(11-8-6-5-7-9-11)16-14(18)10(2)15-3/h10-11,13,15H,4-9H2,1-3H3,(H,16,18)/t10-,13-/m0/s1. The van der Waals surface area contributed by atoms with E-state index in [0.29, 0.717) is 12.3 Å². The average molecular weight is 254 g/mol. The van der Waals surface area contributed by atoms with Gasteiger partial charge in [0.25, 0.3) is 0 Å². The summed E-state index contributed by atoms with van der Waals surface area (Å²) in [5, 5.41) is 5.84. The summed E-state index contributed by atoms with van der Waals surface area (Å²) in [5.74, 6) is 0.424. The number of carbonyl (C=O) groups excluding carboxylic acids is 2. The van der Waals surface area contributed by atoms with E-state index in [-0.39, 0.29) is 23.8 Å². The lowest BCUT2D eigenvalue weighted by Gasteiger charge is -2.30. The van der Waals surface area contributed by atoms with E-state index < -0.39 is 0 Å². The summed E-state index contributed by atoms with van der Waals surface area (Å²) in [4.78, 5) is 23.9. The number of carbonyl (C=O) groups is 2. The van der Waals surface area contributed by atoms with Crippen molar-refractivity contribution in [3.63, 3.8) is 0 Å². The zero-order chi connectivity index (χ0) is 13.5. The highest BCUT2D eigenvalue weighted by Crippen LogP contribution is 2.27. The third kappa shape index (κ3) is 4.09. The first-order valence-corrected chi connectivity index (χ1v) is 7.10. The maximum absolute atomic E-state index is 12.0. The van der Waals surface area contributed by atoms with Crippen LogP contribution in [0.4, 0.5) is 0 Å². The maximum Gasteiger partial charge on any atom is 0.237 e. The van der Waals surface area contributed by atoms with Crippen LogP contribution in [0, 0.1) is 5.92 Å². The zero-order valence-electron chi connectivity index (χ0n) is 11.8. The van der Waals surface area contributed by atoms with Gasteiger partial charge in [-0.25, -0.2) is 0 Å². The number of ketones is 1. The molecule has 0 unspecified atom stereocenters. The molecule has 0 saturated heterocycles. The Kier molecular flexibility index (Phi) is 6.33. The topological polar surface area (TPSA) is 58.2 Å². The van der Waals surface area contributed by atoms with E-state index >= 15 is 0 Å². The smallest absolute Gasteiger partial charge is 0.237 e. The van der Waals surface area contributed by atoms with Crippen molar-refractivity contribution in [2.45, 2.75) is 64.5 Å². The van der Waals surface area contributed by atoms with E-state index in [1.165, 1.54) is 19.3 Å². The Morgan fingerprint density at radius 1 is 1.22 bits per heavy atom. The molecule has 0 radical (unpaired) electrons. The second kappa shape index (κ2) is 7.52. The molecule has 1 aliphatic rings. The zero-order valence-corrected chi connectivity index (χ0v) is 11.8. The van der Waals surface area contributed by atoms with E-state index in [2.05, 4.69) is 10.6 Å². The first-order chi connectivity index (χ1) is 8.60. The minimum absolute atomic E-state index is 0.0742. The minimum atomic E-state index is -0.279. The van der Waals surface area contributed by atoms with Crippen LogP contribution in [-0.2, 0) is 9.59 Å². The normalized spacial score (nSPS) is 20.2. The monoisotopic (exact) mass is 254 g/mol. The maximum atomic E-state index is 12.0. The van der Waals surface area contributed by atoms with Crippen molar-refractivity contribution in [2.75, 3.05) is 7.05 Å². The van der Waals surface area contributed by atoms with Crippen molar-refractivity contribution in [1.29, 1.82) is 0 Å². The fourth-order valence-corrected chi connectivity index (χ4v) is 2.56. The molecule has 1 saturated carbocycles. The van der Waals surface area contributed by atoms with Crippen molar-refractivity contribution in [3.05, 3.63) is 0 Å². The molecule has 0 bridgehead atoms. The summed E-state index contributed by atoms with van der Waals surface area (Å²) >= 11 is 0. The highest BCUT2D eigenvalue weighted by molar-refractivity contribution is 5.90. The number of hydrogen-bond acceptors (Lipinski definition) is 3. The van der Waals surface area contributed by atoms with E-state index in [1.54, 1.807) is 7.05 Å². The van der Waals surface area contributed by atoms with Crippen LogP contribution in [0.1, 0.15) is 52.4 Å². The number of hydrogen-bond donors (Lipinski definition) is 2. The number of amides is 1. The molecule has 0 spiro atoms. The molecule has 4 heteroatoms. The van der Waals surface area contributed by atoms with Gasteiger partial charge in [-0.1, -0.05) is 26.2 Å². The lowest BCUT2D eigenvalue weighted by atomic mass is 9.81. The molecule has 1 rings (SSSR count). The van der Waals surface area contributed by atoms with Crippen LogP contribution in [0.2, 0.25) is 0 Å². The molecule has 0 aliphatic heterocycles. The molecule has 1 amide bonds. The molecule has 4 nitrogen and oxygen atoms in total. The first kappa shape index (κ1) is 15.2. The van der Waals surface area contributed by atoms with Gasteiger partial charge in [0.2, 0.25) is 5.91 Å². The second-order valence-corrected chi connectivity index (χ2v) is 5.21. The van der Waals surface area contributed by atoms with Crippen molar-refractivity contribution in [2.24, 2.45) is 5.92 Å². The molecule has 1 fully saturated rings. The number of nitrogens with one attached hydrogen (secondary N) is 2. The fraction of sp³-hybridized carbons (Fsp3) is 0.857. The van der Waals surface area contributed by atoms with Crippen molar-refractivity contribution in [1.82, 2.24) is 10.6 Å². The quantitative estimate of drug-likeness (QED) is 0.757. The Labute approximate surface area is 110 Å². The average Bonchev–Trinajstić information content (AvgIpc) is 2.43. The van der Waals surface area contributed by atoms with Crippen molar-refractivity contribution >= 4 is 11.7 Å². The minimum Gasteiger partial charge on any atom is -0.345 e. The van der Waals surface area contributed by atoms with Crippen LogP contribution < -0.4 is 10.6 Å². The Morgan fingerprint density at radius 2 is 1.83 bits per heavy atom. The van der Waals surface area contributed by atoms with Gasteiger partial charge in [-0.05, 0) is 32.7 Å². The Hall–Kier alpha value is -0.900. The predicted molar refractivity (Wildman–Crippen MR) is 72.3 cm³/mol. The van der Waals surface area contributed by atoms with Gasteiger partial charge >= 0.3 is 0 Å². The van der Waals surface area contributed by atoms with Gasteiger partial charge in [-0.15, -0.1) is 0 Å². The lowest BCUT2D eigenvalue weighted by molar-refractivity contribution is -0.130. The third-order valence-electron chi connectivity index (χ3n) is 3.94. The predicted octanol–water partition coefficient (Wildman–Crippen LogP) is 1.64. The highest BCUT2D eigenvalue weighted by Gasteiger charge is 2.30. The molecule has 0 aromatic carbocycles. The van der Waals surface area contributed by atoms with Gasteiger partial charge in [-0.3, -0.25) is 9.59 Å². The molecule has 104 valence electrons. The van der Waals surface area contributed by atoms with E-state index in [9.17, 15) is 9.59 Å². The Morgan fingerprint density at radius 3 is 2.33 bits per heavy atom. The summed E-state index contributed by atoms with van der Waals surface area (Å²) in [6.07, 6.45) is 6.22. The van der Waals surface area contributed by atoms with Crippen LogP contribution in [0.5, 0.6) is 0 Å². The first-order valence-electron chi connectivity index (χ1n) is 7.10. The fourth-order valence-electron chi connectivity index (χ4n) is 2.56. The SMILES string of the molecule is CCC(=O)[C@@H](NC(=O)[C@H](C)NC)C1CCCCC1. The molecule has 18 heavy (non-hydrogen) atoms. The van der Waals surface area contributed by atoms with Gasteiger partial charge in [0, 0.05) is 6.42 Å². The van der Waals surface area contributed by atoms with Gasteiger partial charge < -0.3 is 10.6 Å². The number of likely N-dealkylation sites (N-methyl/N-ethyl adjacent to an activating group) is 1. The van der Waals surface area contributed by atoms with Crippen LogP contribution in [-0.4, -0.2) is 30.8 Å². The molecule has 2 atom stereocenters. The van der Waals surface area contributed by atoms with E-state index in [0.717, 1.165) is 12.8 Å². The third-order valence-corrected chi connectivity index (χ3v) is 3.94. The van der Waals surface area contributed by atoms with Crippen LogP contribution in [0.25, 0.3) is 0 Å². The number of Topliss-reactive ketones (excluding diaryl/α,β-unsaturated/α-hetero) is 1.